The van der Waals surface area contributed by atoms with Crippen molar-refractivity contribution in [3.05, 3.63) is 0 Å². The van der Waals surface area contributed by atoms with E-state index in [1.54, 1.807) is 0 Å². The zero-order valence-electron chi connectivity index (χ0n) is 10.2. The lowest BCUT2D eigenvalue weighted by atomic mass is 10.0. The van der Waals surface area contributed by atoms with E-state index in [0.29, 0.717) is 6.04 Å². The van der Waals surface area contributed by atoms with Gasteiger partial charge in [0.15, 0.2) is 0 Å². The zero-order chi connectivity index (χ0) is 10.6. The van der Waals surface area contributed by atoms with Gasteiger partial charge in [-0.05, 0) is 39.3 Å². The van der Waals surface area contributed by atoms with Crippen molar-refractivity contribution in [2.24, 2.45) is 5.92 Å². The summed E-state index contributed by atoms with van der Waals surface area (Å²) in [6, 6.07) is 1.41. The van der Waals surface area contributed by atoms with Gasteiger partial charge in [0.2, 0.25) is 0 Å². The molecule has 1 rings (SSSR count). The van der Waals surface area contributed by atoms with E-state index in [4.69, 9.17) is 0 Å². The summed E-state index contributed by atoms with van der Waals surface area (Å²) in [6.45, 7) is 9.29. The number of hydrogen-bond acceptors (Lipinski definition) is 2. The fraction of sp³-hybridized carbons (Fsp3) is 1.00. The van der Waals surface area contributed by atoms with E-state index in [9.17, 15) is 0 Å². The van der Waals surface area contributed by atoms with Gasteiger partial charge in [0, 0.05) is 18.6 Å². The van der Waals surface area contributed by atoms with Crippen molar-refractivity contribution in [3.63, 3.8) is 0 Å². The molecule has 2 heteroatoms. The first-order valence-corrected chi connectivity index (χ1v) is 6.05. The Bertz CT molecular complexity index is 156. The summed E-state index contributed by atoms with van der Waals surface area (Å²) < 4.78 is 0. The summed E-state index contributed by atoms with van der Waals surface area (Å²) >= 11 is 0. The average Bonchev–Trinajstić information content (AvgIpc) is 2.16. The molecule has 84 valence electrons. The molecular weight excluding hydrogens is 172 g/mol. The predicted molar refractivity (Wildman–Crippen MR) is 62.6 cm³/mol. The second-order valence-corrected chi connectivity index (χ2v) is 5.07. The van der Waals surface area contributed by atoms with Crippen LogP contribution in [0.4, 0.5) is 0 Å². The lowest BCUT2D eigenvalue weighted by Crippen LogP contribution is -2.46. The summed E-state index contributed by atoms with van der Waals surface area (Å²) in [4.78, 5) is 2.50. The maximum Gasteiger partial charge on any atom is 0.0217 e. The molecule has 0 radical (unpaired) electrons. The summed E-state index contributed by atoms with van der Waals surface area (Å²) in [7, 11) is 2.26. The second kappa shape index (κ2) is 5.72. The Morgan fingerprint density at radius 1 is 1.29 bits per heavy atom. The molecule has 0 spiro atoms. The van der Waals surface area contributed by atoms with Crippen LogP contribution in [-0.4, -0.2) is 37.1 Å². The topological polar surface area (TPSA) is 15.3 Å². The molecule has 0 aromatic rings. The minimum Gasteiger partial charge on any atom is -0.312 e. The van der Waals surface area contributed by atoms with E-state index in [1.807, 2.05) is 0 Å². The van der Waals surface area contributed by atoms with Crippen LogP contribution in [0.25, 0.3) is 0 Å². The van der Waals surface area contributed by atoms with Gasteiger partial charge in [-0.1, -0.05) is 20.3 Å². The quantitative estimate of drug-likeness (QED) is 0.744. The van der Waals surface area contributed by atoms with Gasteiger partial charge in [0.05, 0.1) is 0 Å². The van der Waals surface area contributed by atoms with Crippen LogP contribution in [0.1, 0.15) is 40.0 Å². The molecule has 0 saturated carbocycles. The molecule has 0 bridgehead atoms. The first-order valence-electron chi connectivity index (χ1n) is 6.05. The van der Waals surface area contributed by atoms with Crippen molar-refractivity contribution >= 4 is 0 Å². The van der Waals surface area contributed by atoms with Crippen LogP contribution in [0.5, 0.6) is 0 Å². The van der Waals surface area contributed by atoms with E-state index < -0.39 is 0 Å². The zero-order valence-corrected chi connectivity index (χ0v) is 10.2. The summed E-state index contributed by atoms with van der Waals surface area (Å²) in [6.07, 6.45) is 4.16. The van der Waals surface area contributed by atoms with Gasteiger partial charge in [-0.2, -0.15) is 0 Å². The Kier molecular flexibility index (Phi) is 4.90. The van der Waals surface area contributed by atoms with Gasteiger partial charge < -0.3 is 10.2 Å². The number of piperidine rings is 1. The molecule has 1 aliphatic rings. The molecule has 0 amide bonds. The highest BCUT2D eigenvalue weighted by atomic mass is 15.2. The molecule has 0 aromatic carbocycles. The second-order valence-electron chi connectivity index (χ2n) is 5.07. The maximum atomic E-state index is 3.64. The van der Waals surface area contributed by atoms with E-state index in [0.717, 1.165) is 18.5 Å². The Labute approximate surface area is 89.1 Å². The highest BCUT2D eigenvalue weighted by Gasteiger charge is 2.19. The Balaban J connectivity index is 2.22. The Hall–Kier alpha value is -0.0800. The molecule has 2 nitrogen and oxygen atoms in total. The van der Waals surface area contributed by atoms with Crippen LogP contribution in [-0.2, 0) is 0 Å². The third-order valence-electron chi connectivity index (χ3n) is 3.60. The third kappa shape index (κ3) is 3.58. The minimum absolute atomic E-state index is 0.644. The van der Waals surface area contributed by atoms with Crippen molar-refractivity contribution < 1.29 is 0 Å². The summed E-state index contributed by atoms with van der Waals surface area (Å²) in [5.41, 5.74) is 0. The van der Waals surface area contributed by atoms with Crippen molar-refractivity contribution in [2.45, 2.75) is 52.1 Å². The van der Waals surface area contributed by atoms with Crippen LogP contribution in [0.2, 0.25) is 0 Å². The molecule has 14 heavy (non-hydrogen) atoms. The van der Waals surface area contributed by atoms with Crippen LogP contribution in [0.15, 0.2) is 0 Å². The van der Waals surface area contributed by atoms with Crippen LogP contribution in [0.3, 0.4) is 0 Å². The van der Waals surface area contributed by atoms with E-state index >= 15 is 0 Å². The Morgan fingerprint density at radius 2 is 2.00 bits per heavy atom. The SMILES string of the molecule is CC(C)C(C)NCC1CCCCN1C. The van der Waals surface area contributed by atoms with Crippen LogP contribution in [0, 0.1) is 5.92 Å². The fourth-order valence-corrected chi connectivity index (χ4v) is 1.96. The summed E-state index contributed by atoms with van der Waals surface area (Å²) in [5, 5.41) is 3.64. The van der Waals surface area contributed by atoms with E-state index in [2.05, 4.69) is 38.0 Å². The van der Waals surface area contributed by atoms with E-state index in [1.165, 1.54) is 25.8 Å². The minimum atomic E-state index is 0.644. The fourth-order valence-electron chi connectivity index (χ4n) is 1.96. The lowest BCUT2D eigenvalue weighted by molar-refractivity contribution is 0.175. The van der Waals surface area contributed by atoms with Crippen molar-refractivity contribution in [1.29, 1.82) is 0 Å². The van der Waals surface area contributed by atoms with Gasteiger partial charge in [0.25, 0.3) is 0 Å². The monoisotopic (exact) mass is 198 g/mol. The Morgan fingerprint density at radius 3 is 2.57 bits per heavy atom. The van der Waals surface area contributed by atoms with Gasteiger partial charge in [-0.15, -0.1) is 0 Å². The molecule has 1 heterocycles. The molecule has 1 N–H and O–H groups in total. The van der Waals surface area contributed by atoms with Gasteiger partial charge in [-0.25, -0.2) is 0 Å². The number of hydrogen-bond donors (Lipinski definition) is 1. The van der Waals surface area contributed by atoms with Gasteiger partial charge >= 0.3 is 0 Å². The van der Waals surface area contributed by atoms with Crippen molar-refractivity contribution in [3.8, 4) is 0 Å². The largest absolute Gasteiger partial charge is 0.312 e. The van der Waals surface area contributed by atoms with Crippen LogP contribution >= 0.6 is 0 Å². The number of likely N-dealkylation sites (N-methyl/N-ethyl adjacent to an activating group) is 1. The first-order chi connectivity index (χ1) is 6.61. The number of rotatable bonds is 4. The average molecular weight is 198 g/mol. The third-order valence-corrected chi connectivity index (χ3v) is 3.60. The lowest BCUT2D eigenvalue weighted by Gasteiger charge is -2.33. The number of nitrogens with one attached hydrogen (secondary N) is 1. The smallest absolute Gasteiger partial charge is 0.0217 e. The standard InChI is InChI=1S/C12H26N2/c1-10(2)11(3)13-9-12-7-5-6-8-14(12)4/h10-13H,5-9H2,1-4H3. The predicted octanol–water partition coefficient (Wildman–Crippen LogP) is 2.10. The molecule has 1 saturated heterocycles. The molecular formula is C12H26N2. The van der Waals surface area contributed by atoms with Crippen molar-refractivity contribution in [1.82, 2.24) is 10.2 Å². The molecule has 0 aliphatic carbocycles. The highest BCUT2D eigenvalue weighted by molar-refractivity contribution is 4.78. The molecule has 2 atom stereocenters. The summed E-state index contributed by atoms with van der Waals surface area (Å²) in [5.74, 6) is 0.740. The molecule has 2 unspecified atom stereocenters. The van der Waals surface area contributed by atoms with Crippen molar-refractivity contribution in [2.75, 3.05) is 20.1 Å². The molecule has 1 aliphatic heterocycles. The van der Waals surface area contributed by atoms with Gasteiger partial charge in [0.1, 0.15) is 0 Å². The number of nitrogens with zero attached hydrogens (tertiary/aromatic N) is 1. The molecule has 0 aromatic heterocycles. The first kappa shape index (κ1) is 12.0. The maximum absolute atomic E-state index is 3.64. The number of likely N-dealkylation sites (tertiary alicyclic amines) is 1. The molecule has 1 fully saturated rings. The van der Waals surface area contributed by atoms with Gasteiger partial charge in [-0.3, -0.25) is 0 Å². The normalized spacial score (nSPS) is 26.8. The van der Waals surface area contributed by atoms with E-state index in [-0.39, 0.29) is 0 Å². The van der Waals surface area contributed by atoms with Crippen LogP contribution < -0.4 is 5.32 Å². The highest BCUT2D eigenvalue weighted by Crippen LogP contribution is 2.14.